The van der Waals surface area contributed by atoms with Gasteiger partial charge in [0, 0.05) is 23.7 Å². The van der Waals surface area contributed by atoms with Crippen LogP contribution in [0.2, 0.25) is 0 Å². The fourth-order valence-electron chi connectivity index (χ4n) is 1.81. The average Bonchev–Trinajstić information content (AvgIpc) is 2.39. The molecule has 1 atom stereocenters. The van der Waals surface area contributed by atoms with Crippen LogP contribution in [0.4, 0.5) is 10.1 Å². The Bertz CT molecular complexity index is 627. The number of non-ortho nitro benzene ring substituents is 1. The summed E-state index contributed by atoms with van der Waals surface area (Å²) >= 11 is 0. The SMILES string of the molecule is C[C@H](N)c1c(F)cccc1Oc1ccc([N+](=O)[O-])cc1. The third-order valence-electron chi connectivity index (χ3n) is 2.74. The highest BCUT2D eigenvalue weighted by molar-refractivity contribution is 5.42. The molecule has 0 fully saturated rings. The van der Waals surface area contributed by atoms with E-state index < -0.39 is 16.8 Å². The van der Waals surface area contributed by atoms with Gasteiger partial charge >= 0.3 is 0 Å². The first-order valence-electron chi connectivity index (χ1n) is 5.95. The summed E-state index contributed by atoms with van der Waals surface area (Å²) in [6, 6.07) is 9.44. The summed E-state index contributed by atoms with van der Waals surface area (Å²) < 4.78 is 19.3. The molecule has 2 rings (SSSR count). The summed E-state index contributed by atoms with van der Waals surface area (Å²) in [5.74, 6) is 0.233. The zero-order valence-electron chi connectivity index (χ0n) is 10.7. The molecule has 0 aliphatic rings. The van der Waals surface area contributed by atoms with E-state index in [4.69, 9.17) is 10.5 Å². The summed E-state index contributed by atoms with van der Waals surface area (Å²) in [6.07, 6.45) is 0. The third-order valence-corrected chi connectivity index (χ3v) is 2.74. The van der Waals surface area contributed by atoms with Crippen molar-refractivity contribution < 1.29 is 14.1 Å². The van der Waals surface area contributed by atoms with Crippen LogP contribution < -0.4 is 10.5 Å². The molecular weight excluding hydrogens is 263 g/mol. The van der Waals surface area contributed by atoms with E-state index in [0.717, 1.165) is 0 Å². The second-order valence-electron chi connectivity index (χ2n) is 4.29. The van der Waals surface area contributed by atoms with Gasteiger partial charge in [-0.2, -0.15) is 0 Å². The number of ether oxygens (including phenoxy) is 1. The van der Waals surface area contributed by atoms with Crippen LogP contribution in [0.15, 0.2) is 42.5 Å². The molecule has 2 aromatic rings. The first kappa shape index (κ1) is 14.0. The van der Waals surface area contributed by atoms with E-state index in [1.54, 1.807) is 13.0 Å². The van der Waals surface area contributed by atoms with E-state index >= 15 is 0 Å². The van der Waals surface area contributed by atoms with E-state index in [0.29, 0.717) is 11.5 Å². The Kier molecular flexibility index (Phi) is 3.95. The second kappa shape index (κ2) is 5.66. The smallest absolute Gasteiger partial charge is 0.269 e. The number of nitro benzene ring substituents is 1. The second-order valence-corrected chi connectivity index (χ2v) is 4.29. The van der Waals surface area contributed by atoms with Gasteiger partial charge in [-0.15, -0.1) is 0 Å². The average molecular weight is 276 g/mol. The molecule has 0 amide bonds. The standard InChI is InChI=1S/C14H13FN2O3/c1-9(16)14-12(15)3-2-4-13(14)20-11-7-5-10(6-8-11)17(18)19/h2-9H,16H2,1H3/t9-/m0/s1. The summed E-state index contributed by atoms with van der Waals surface area (Å²) in [7, 11) is 0. The maximum absolute atomic E-state index is 13.7. The molecule has 104 valence electrons. The Hall–Kier alpha value is -2.47. The minimum Gasteiger partial charge on any atom is -0.457 e. The van der Waals surface area contributed by atoms with Crippen molar-refractivity contribution in [3.8, 4) is 11.5 Å². The molecule has 2 N–H and O–H groups in total. The molecule has 0 heterocycles. The van der Waals surface area contributed by atoms with Gasteiger partial charge in [0.1, 0.15) is 17.3 Å². The molecular formula is C14H13FN2O3. The lowest BCUT2D eigenvalue weighted by molar-refractivity contribution is -0.384. The third kappa shape index (κ3) is 2.92. The number of benzene rings is 2. The summed E-state index contributed by atoms with van der Waals surface area (Å²) in [5, 5.41) is 10.6. The lowest BCUT2D eigenvalue weighted by Gasteiger charge is -2.14. The van der Waals surface area contributed by atoms with Gasteiger partial charge in [-0.3, -0.25) is 10.1 Å². The van der Waals surface area contributed by atoms with Crippen molar-refractivity contribution in [3.63, 3.8) is 0 Å². The normalized spacial score (nSPS) is 11.9. The van der Waals surface area contributed by atoms with Crippen LogP contribution in [-0.4, -0.2) is 4.92 Å². The maximum atomic E-state index is 13.7. The number of hydrogen-bond donors (Lipinski definition) is 1. The van der Waals surface area contributed by atoms with Gasteiger partial charge in [0.25, 0.3) is 5.69 Å². The molecule has 6 heteroatoms. The molecule has 0 bridgehead atoms. The minimum atomic E-state index is -0.524. The highest BCUT2D eigenvalue weighted by atomic mass is 19.1. The van der Waals surface area contributed by atoms with Gasteiger partial charge in [-0.25, -0.2) is 4.39 Å². The monoisotopic (exact) mass is 276 g/mol. The van der Waals surface area contributed by atoms with E-state index in [1.807, 2.05) is 0 Å². The first-order chi connectivity index (χ1) is 9.49. The number of nitrogens with zero attached hydrogens (tertiary/aromatic N) is 1. The summed E-state index contributed by atoms with van der Waals surface area (Å²) in [6.45, 7) is 1.65. The summed E-state index contributed by atoms with van der Waals surface area (Å²) in [4.78, 5) is 10.1. The van der Waals surface area contributed by atoms with Crippen LogP contribution in [0.25, 0.3) is 0 Å². The topological polar surface area (TPSA) is 78.4 Å². The molecule has 0 saturated carbocycles. The molecule has 0 aliphatic carbocycles. The molecule has 0 unspecified atom stereocenters. The van der Waals surface area contributed by atoms with Crippen LogP contribution in [0.1, 0.15) is 18.5 Å². The van der Waals surface area contributed by atoms with Crippen molar-refractivity contribution in [3.05, 3.63) is 64.0 Å². The quantitative estimate of drug-likeness (QED) is 0.684. The lowest BCUT2D eigenvalue weighted by Crippen LogP contribution is -2.09. The number of hydrogen-bond acceptors (Lipinski definition) is 4. The molecule has 0 spiro atoms. The molecule has 0 saturated heterocycles. The maximum Gasteiger partial charge on any atom is 0.269 e. The van der Waals surface area contributed by atoms with E-state index in [2.05, 4.69) is 0 Å². The van der Waals surface area contributed by atoms with Crippen LogP contribution in [0.5, 0.6) is 11.5 Å². The summed E-state index contributed by atoms with van der Waals surface area (Å²) in [5.41, 5.74) is 5.95. The van der Waals surface area contributed by atoms with Crippen molar-refractivity contribution in [1.82, 2.24) is 0 Å². The molecule has 0 radical (unpaired) electrons. The van der Waals surface area contributed by atoms with Crippen LogP contribution in [0, 0.1) is 15.9 Å². The van der Waals surface area contributed by atoms with Gasteiger partial charge < -0.3 is 10.5 Å². The zero-order chi connectivity index (χ0) is 14.7. The predicted molar refractivity (Wildman–Crippen MR) is 72.2 cm³/mol. The van der Waals surface area contributed by atoms with Crippen molar-refractivity contribution in [2.24, 2.45) is 5.73 Å². The van der Waals surface area contributed by atoms with E-state index in [-0.39, 0.29) is 11.3 Å². The van der Waals surface area contributed by atoms with Gasteiger partial charge in [-0.1, -0.05) is 6.07 Å². The first-order valence-corrected chi connectivity index (χ1v) is 5.95. The minimum absolute atomic E-state index is 0.0380. The van der Waals surface area contributed by atoms with E-state index in [1.165, 1.54) is 36.4 Å². The molecule has 2 aromatic carbocycles. The molecule has 20 heavy (non-hydrogen) atoms. The Morgan fingerprint density at radius 1 is 1.25 bits per heavy atom. The Morgan fingerprint density at radius 2 is 1.90 bits per heavy atom. The zero-order valence-corrected chi connectivity index (χ0v) is 10.7. The van der Waals surface area contributed by atoms with E-state index in [9.17, 15) is 14.5 Å². The van der Waals surface area contributed by atoms with Gasteiger partial charge in [0.2, 0.25) is 0 Å². The van der Waals surface area contributed by atoms with Crippen molar-refractivity contribution in [1.29, 1.82) is 0 Å². The lowest BCUT2D eigenvalue weighted by atomic mass is 10.1. The van der Waals surface area contributed by atoms with Crippen molar-refractivity contribution in [2.45, 2.75) is 13.0 Å². The predicted octanol–water partition coefficient (Wildman–Crippen LogP) is 3.55. The fourth-order valence-corrected chi connectivity index (χ4v) is 1.81. The van der Waals surface area contributed by atoms with Gasteiger partial charge in [0.05, 0.1) is 4.92 Å². The molecule has 0 aromatic heterocycles. The highest BCUT2D eigenvalue weighted by Gasteiger charge is 2.14. The fraction of sp³-hybridized carbons (Fsp3) is 0.143. The Morgan fingerprint density at radius 3 is 2.45 bits per heavy atom. The Labute approximate surface area is 114 Å². The number of rotatable bonds is 4. The van der Waals surface area contributed by atoms with Crippen LogP contribution in [0.3, 0.4) is 0 Å². The van der Waals surface area contributed by atoms with Gasteiger partial charge in [0.15, 0.2) is 0 Å². The molecule has 0 aliphatic heterocycles. The highest BCUT2D eigenvalue weighted by Crippen LogP contribution is 2.31. The molecule has 5 nitrogen and oxygen atoms in total. The van der Waals surface area contributed by atoms with Gasteiger partial charge in [-0.05, 0) is 31.2 Å². The number of nitro groups is 1. The van der Waals surface area contributed by atoms with Crippen molar-refractivity contribution in [2.75, 3.05) is 0 Å². The number of halogens is 1. The van der Waals surface area contributed by atoms with Crippen LogP contribution >= 0.6 is 0 Å². The van der Waals surface area contributed by atoms with Crippen LogP contribution in [-0.2, 0) is 0 Å². The van der Waals surface area contributed by atoms with Crippen molar-refractivity contribution >= 4 is 5.69 Å². The number of nitrogens with two attached hydrogens (primary N) is 1. The largest absolute Gasteiger partial charge is 0.457 e. The Balaban J connectivity index is 2.30.